The lowest BCUT2D eigenvalue weighted by molar-refractivity contribution is -0.189. The van der Waals surface area contributed by atoms with Gasteiger partial charge in [-0.15, -0.1) is 0 Å². The van der Waals surface area contributed by atoms with Gasteiger partial charge in [0.15, 0.2) is 0 Å². The number of halogens is 2. The minimum absolute atomic E-state index is 0.0352. The Morgan fingerprint density at radius 2 is 2.21 bits per heavy atom. The van der Waals surface area contributed by atoms with Crippen LogP contribution in [0.2, 0.25) is 0 Å². The molecule has 3 rings (SSSR count). The zero-order valence-electron chi connectivity index (χ0n) is 13.3. The van der Waals surface area contributed by atoms with Crippen molar-refractivity contribution in [2.45, 2.75) is 56.9 Å². The van der Waals surface area contributed by atoms with Crippen LogP contribution < -0.4 is 15.4 Å². The number of carbonyl (C=O) groups excluding carboxylic acids is 1. The molecule has 132 valence electrons. The Bertz CT molecular complexity index is 579. The van der Waals surface area contributed by atoms with Crippen LogP contribution in [0.15, 0.2) is 18.3 Å². The van der Waals surface area contributed by atoms with E-state index in [1.807, 2.05) is 0 Å². The highest BCUT2D eigenvalue weighted by atomic mass is 19.3. The van der Waals surface area contributed by atoms with E-state index in [4.69, 9.17) is 4.74 Å². The van der Waals surface area contributed by atoms with Crippen molar-refractivity contribution in [1.29, 1.82) is 0 Å². The molecular weight excluding hydrogens is 320 g/mol. The average molecular weight is 341 g/mol. The molecule has 1 aliphatic carbocycles. The summed E-state index contributed by atoms with van der Waals surface area (Å²) in [5, 5.41) is 5.68. The average Bonchev–Trinajstić information content (AvgIpc) is 2.57. The molecule has 0 bridgehead atoms. The Morgan fingerprint density at radius 3 is 2.88 bits per heavy atom. The lowest BCUT2D eigenvalue weighted by Crippen LogP contribution is -2.67. The highest BCUT2D eigenvalue weighted by molar-refractivity contribution is 5.74. The van der Waals surface area contributed by atoms with Crippen molar-refractivity contribution in [1.82, 2.24) is 15.6 Å². The molecule has 2 amide bonds. The van der Waals surface area contributed by atoms with Gasteiger partial charge >= 0.3 is 12.6 Å². The molecule has 2 fully saturated rings. The van der Waals surface area contributed by atoms with Crippen LogP contribution in [0.1, 0.15) is 37.7 Å². The smallest absolute Gasteiger partial charge is 0.388 e. The molecule has 1 aliphatic heterocycles. The number of nitrogens with zero attached hydrogens (tertiary/aromatic N) is 1. The summed E-state index contributed by atoms with van der Waals surface area (Å²) in [5.41, 5.74) is 0.442. The number of amides is 2. The third-order valence-electron chi connectivity index (χ3n) is 4.64. The Hall–Kier alpha value is -1.96. The lowest BCUT2D eigenvalue weighted by atomic mass is 9.76. The molecule has 0 aromatic carbocycles. The normalized spacial score (nSPS) is 22.0. The number of urea groups is 1. The first-order valence-electron chi connectivity index (χ1n) is 8.15. The number of alkyl halides is 2. The molecule has 24 heavy (non-hydrogen) atoms. The maximum Gasteiger partial charge on any atom is 0.388 e. The van der Waals surface area contributed by atoms with Gasteiger partial charge in [0.1, 0.15) is 0 Å². The van der Waals surface area contributed by atoms with Crippen LogP contribution in [0.5, 0.6) is 5.88 Å². The van der Waals surface area contributed by atoms with Gasteiger partial charge in [-0.2, -0.15) is 8.78 Å². The Morgan fingerprint density at radius 1 is 1.42 bits per heavy atom. The van der Waals surface area contributed by atoms with Crippen molar-refractivity contribution < 1.29 is 23.0 Å². The van der Waals surface area contributed by atoms with Crippen LogP contribution in [0.25, 0.3) is 0 Å². The van der Waals surface area contributed by atoms with E-state index < -0.39 is 6.61 Å². The first-order chi connectivity index (χ1) is 11.6. The molecule has 1 saturated carbocycles. The van der Waals surface area contributed by atoms with Gasteiger partial charge in [-0.1, -0.05) is 19.3 Å². The van der Waals surface area contributed by atoms with E-state index in [1.165, 1.54) is 18.7 Å². The van der Waals surface area contributed by atoms with Crippen LogP contribution in [-0.4, -0.2) is 35.9 Å². The summed E-state index contributed by atoms with van der Waals surface area (Å²) < 4.78 is 34.3. The molecule has 1 aromatic rings. The fourth-order valence-electron chi connectivity index (χ4n) is 3.33. The van der Waals surface area contributed by atoms with Crippen molar-refractivity contribution in [3.8, 4) is 5.88 Å². The topological polar surface area (TPSA) is 72.5 Å². The molecule has 2 heterocycles. The number of nitrogens with one attached hydrogen (secondary N) is 2. The fraction of sp³-hybridized carbons (Fsp3) is 0.625. The minimum Gasteiger partial charge on any atom is -0.417 e. The first-order valence-corrected chi connectivity index (χ1v) is 8.15. The van der Waals surface area contributed by atoms with Gasteiger partial charge in [-0.3, -0.25) is 0 Å². The lowest BCUT2D eigenvalue weighted by Gasteiger charge is -2.51. The third kappa shape index (κ3) is 3.92. The Balaban J connectivity index is 1.47. The van der Waals surface area contributed by atoms with E-state index in [9.17, 15) is 13.6 Å². The van der Waals surface area contributed by atoms with Crippen molar-refractivity contribution in [3.63, 3.8) is 0 Å². The van der Waals surface area contributed by atoms with E-state index in [-0.39, 0.29) is 30.1 Å². The Kier molecular flexibility index (Phi) is 5.13. The fourth-order valence-corrected chi connectivity index (χ4v) is 3.33. The second kappa shape index (κ2) is 7.29. The monoisotopic (exact) mass is 341 g/mol. The van der Waals surface area contributed by atoms with Crippen LogP contribution in [-0.2, 0) is 11.3 Å². The van der Waals surface area contributed by atoms with Gasteiger partial charge in [0, 0.05) is 18.8 Å². The second-order valence-corrected chi connectivity index (χ2v) is 6.20. The molecule has 6 nitrogen and oxygen atoms in total. The standard InChI is InChI=1S/C16H21F2N3O3/c17-14(18)24-13-8-11(4-7-19-13)9-20-15(22)21-12-10-23-16(12)5-2-1-3-6-16/h4,7-8,12,14H,1-3,5-6,9-10H2,(H2,20,21,22). The quantitative estimate of drug-likeness (QED) is 0.863. The summed E-state index contributed by atoms with van der Waals surface area (Å²) in [4.78, 5) is 15.8. The van der Waals surface area contributed by atoms with Gasteiger partial charge < -0.3 is 20.1 Å². The van der Waals surface area contributed by atoms with Crippen LogP contribution in [0, 0.1) is 0 Å². The van der Waals surface area contributed by atoms with Gasteiger partial charge in [0.2, 0.25) is 5.88 Å². The summed E-state index contributed by atoms with van der Waals surface area (Å²) in [6, 6.07) is 2.75. The highest BCUT2D eigenvalue weighted by Gasteiger charge is 2.49. The number of hydrogen-bond donors (Lipinski definition) is 2. The molecule has 2 aliphatic rings. The van der Waals surface area contributed by atoms with E-state index in [0.717, 1.165) is 25.7 Å². The van der Waals surface area contributed by atoms with E-state index in [0.29, 0.717) is 12.2 Å². The zero-order chi connectivity index (χ0) is 17.0. The van der Waals surface area contributed by atoms with Gasteiger partial charge in [-0.05, 0) is 24.5 Å². The molecule has 1 spiro atoms. The van der Waals surface area contributed by atoms with Gasteiger partial charge in [0.25, 0.3) is 0 Å². The number of rotatable bonds is 5. The number of hydrogen-bond acceptors (Lipinski definition) is 4. The van der Waals surface area contributed by atoms with E-state index in [1.54, 1.807) is 6.07 Å². The predicted molar refractivity (Wildman–Crippen MR) is 81.8 cm³/mol. The SMILES string of the molecule is O=C(NCc1ccnc(OC(F)F)c1)NC1COC12CCCCC2. The first kappa shape index (κ1) is 16.9. The number of aromatic nitrogens is 1. The predicted octanol–water partition coefficient (Wildman–Crippen LogP) is 2.58. The summed E-state index contributed by atoms with van der Waals surface area (Å²) in [5.74, 6) is -0.168. The molecule has 1 unspecified atom stereocenters. The Labute approximate surface area is 138 Å². The summed E-state index contributed by atoms with van der Waals surface area (Å²) in [6.07, 6.45) is 6.80. The third-order valence-corrected chi connectivity index (χ3v) is 4.64. The van der Waals surface area contributed by atoms with Crippen molar-refractivity contribution in [2.75, 3.05) is 6.61 Å². The maximum atomic E-state index is 12.2. The molecule has 1 atom stereocenters. The minimum atomic E-state index is -2.92. The molecule has 0 radical (unpaired) electrons. The second-order valence-electron chi connectivity index (χ2n) is 6.20. The van der Waals surface area contributed by atoms with Gasteiger partial charge in [-0.25, -0.2) is 9.78 Å². The number of carbonyl (C=O) groups is 1. The molecular formula is C16H21F2N3O3. The summed E-state index contributed by atoms with van der Waals surface area (Å²) in [6.45, 7) is -2.18. The molecule has 2 N–H and O–H groups in total. The maximum absolute atomic E-state index is 12.2. The van der Waals surface area contributed by atoms with Gasteiger partial charge in [0.05, 0.1) is 18.2 Å². The largest absolute Gasteiger partial charge is 0.417 e. The summed E-state index contributed by atoms with van der Waals surface area (Å²) in [7, 11) is 0. The van der Waals surface area contributed by atoms with E-state index >= 15 is 0 Å². The molecule has 1 saturated heterocycles. The van der Waals surface area contributed by atoms with E-state index in [2.05, 4.69) is 20.4 Å². The van der Waals surface area contributed by atoms with Crippen LogP contribution >= 0.6 is 0 Å². The van der Waals surface area contributed by atoms with Crippen molar-refractivity contribution >= 4 is 6.03 Å². The van der Waals surface area contributed by atoms with Crippen molar-refractivity contribution in [3.05, 3.63) is 23.9 Å². The molecule has 8 heteroatoms. The molecule has 1 aromatic heterocycles. The number of ether oxygens (including phenoxy) is 2. The number of pyridine rings is 1. The zero-order valence-corrected chi connectivity index (χ0v) is 13.3. The van der Waals surface area contributed by atoms with Crippen molar-refractivity contribution in [2.24, 2.45) is 0 Å². The highest BCUT2D eigenvalue weighted by Crippen LogP contribution is 2.40. The summed E-state index contributed by atoms with van der Waals surface area (Å²) >= 11 is 0. The van der Waals surface area contributed by atoms with Crippen LogP contribution in [0.3, 0.4) is 0 Å². The van der Waals surface area contributed by atoms with Crippen LogP contribution in [0.4, 0.5) is 13.6 Å².